The molecule has 0 saturated carbocycles. The lowest BCUT2D eigenvalue weighted by Gasteiger charge is -2.22. The van der Waals surface area contributed by atoms with Crippen molar-refractivity contribution >= 4 is 21.4 Å². The summed E-state index contributed by atoms with van der Waals surface area (Å²) in [7, 11) is 1.06. The molecule has 6 nitrogen and oxygen atoms in total. The molecule has 150 valence electrons. The van der Waals surface area contributed by atoms with Crippen molar-refractivity contribution in [1.29, 1.82) is 0 Å². The molecule has 0 atom stereocenters. The molecule has 0 aliphatic carbocycles. The number of rotatable bonds is 9. The molecule has 0 saturated heterocycles. The third-order valence-corrected chi connectivity index (χ3v) is 6.85. The van der Waals surface area contributed by atoms with Crippen molar-refractivity contribution in [2.24, 2.45) is 0 Å². The second kappa shape index (κ2) is 8.91. The highest BCUT2D eigenvalue weighted by Gasteiger charge is 2.22. The Morgan fingerprint density at radius 1 is 1.00 bits per heavy atom. The first kappa shape index (κ1) is 20.6. The summed E-state index contributed by atoms with van der Waals surface area (Å²) in [6.07, 6.45) is 0. The second-order valence-electron chi connectivity index (χ2n) is 6.54. The second-order valence-corrected chi connectivity index (χ2v) is 9.66. The lowest BCUT2D eigenvalue weighted by molar-refractivity contribution is 0.219. The molecule has 0 radical (unpaired) electrons. The summed E-state index contributed by atoms with van der Waals surface area (Å²) in [4.78, 5) is 3.43. The summed E-state index contributed by atoms with van der Waals surface area (Å²) in [6.45, 7) is 1.86. The Balaban J connectivity index is 1.83. The van der Waals surface area contributed by atoms with Crippen molar-refractivity contribution in [3.05, 3.63) is 70.1 Å². The Kier molecular flexibility index (Phi) is 6.56. The van der Waals surface area contributed by atoms with Gasteiger partial charge in [-0.2, -0.15) is 0 Å². The summed E-state index contributed by atoms with van der Waals surface area (Å²) in [5, 5.41) is 2.01. The van der Waals surface area contributed by atoms with Gasteiger partial charge in [0.15, 0.2) is 0 Å². The zero-order valence-electron chi connectivity index (χ0n) is 16.2. The quantitative estimate of drug-likeness (QED) is 0.527. The summed E-state index contributed by atoms with van der Waals surface area (Å²) < 4.78 is 36.8. The van der Waals surface area contributed by atoms with Crippen LogP contribution in [0.3, 0.4) is 0 Å². The predicted octanol–water partition coefficient (Wildman–Crippen LogP) is 3.80. The molecule has 0 unspecified atom stereocenters. The Morgan fingerprint density at radius 2 is 1.79 bits per heavy atom. The zero-order valence-corrected chi connectivity index (χ0v) is 17.8. The van der Waals surface area contributed by atoms with E-state index in [0.29, 0.717) is 18.8 Å². The van der Waals surface area contributed by atoms with Crippen LogP contribution in [0.5, 0.6) is 5.75 Å². The minimum absolute atomic E-state index is 0.0409. The SMILES string of the molecule is COc1ccccc1CN(Cc1ccc(S(=O)(=O)N(C)C)o1)Cc1cccs1. The van der Waals surface area contributed by atoms with Gasteiger partial charge in [0, 0.05) is 37.6 Å². The number of ether oxygens (including phenoxy) is 1. The Morgan fingerprint density at radius 3 is 2.46 bits per heavy atom. The lowest BCUT2D eigenvalue weighted by Crippen LogP contribution is -2.22. The van der Waals surface area contributed by atoms with Gasteiger partial charge in [0.05, 0.1) is 13.7 Å². The largest absolute Gasteiger partial charge is 0.496 e. The molecule has 0 aliphatic rings. The molecule has 0 aliphatic heterocycles. The summed E-state index contributed by atoms with van der Waals surface area (Å²) in [6, 6.07) is 15.2. The topological polar surface area (TPSA) is 63.0 Å². The van der Waals surface area contributed by atoms with E-state index >= 15 is 0 Å². The van der Waals surface area contributed by atoms with E-state index in [2.05, 4.69) is 11.0 Å². The molecular formula is C20H24N2O4S2. The van der Waals surface area contributed by atoms with Crippen LogP contribution in [0.15, 0.2) is 63.4 Å². The van der Waals surface area contributed by atoms with Crippen LogP contribution in [0.1, 0.15) is 16.2 Å². The normalized spacial score (nSPS) is 12.0. The van der Waals surface area contributed by atoms with Crippen LogP contribution in [0.25, 0.3) is 0 Å². The highest BCUT2D eigenvalue weighted by atomic mass is 32.2. The first-order valence-corrected chi connectivity index (χ1v) is 11.1. The fourth-order valence-corrected chi connectivity index (χ4v) is 4.41. The van der Waals surface area contributed by atoms with Gasteiger partial charge in [0.1, 0.15) is 11.5 Å². The maximum absolute atomic E-state index is 12.3. The molecule has 1 aromatic carbocycles. The van der Waals surface area contributed by atoms with Crippen molar-refractivity contribution in [3.8, 4) is 5.75 Å². The Hall–Kier alpha value is -2.13. The monoisotopic (exact) mass is 420 g/mol. The maximum atomic E-state index is 12.3. The summed E-state index contributed by atoms with van der Waals surface area (Å²) in [5.41, 5.74) is 1.06. The number of para-hydroxylation sites is 1. The van der Waals surface area contributed by atoms with Crippen molar-refractivity contribution in [1.82, 2.24) is 9.21 Å². The molecule has 0 N–H and O–H groups in total. The standard InChI is InChI=1S/C20H24N2O4S2/c1-21(2)28(23,24)20-11-10-17(26-20)14-22(15-18-8-6-12-27-18)13-16-7-4-5-9-19(16)25-3/h4-12H,13-15H2,1-3H3. The lowest BCUT2D eigenvalue weighted by atomic mass is 10.2. The van der Waals surface area contributed by atoms with Gasteiger partial charge in [-0.15, -0.1) is 11.3 Å². The first-order valence-electron chi connectivity index (χ1n) is 8.78. The third kappa shape index (κ3) is 4.82. The summed E-state index contributed by atoms with van der Waals surface area (Å²) in [5.74, 6) is 1.43. The minimum Gasteiger partial charge on any atom is -0.496 e. The van der Waals surface area contributed by atoms with E-state index in [1.807, 2.05) is 35.7 Å². The van der Waals surface area contributed by atoms with Crippen LogP contribution in [-0.4, -0.2) is 38.8 Å². The first-order chi connectivity index (χ1) is 13.4. The van der Waals surface area contributed by atoms with E-state index in [-0.39, 0.29) is 5.09 Å². The highest BCUT2D eigenvalue weighted by molar-refractivity contribution is 7.88. The molecule has 3 aromatic rings. The number of methoxy groups -OCH3 is 1. The fraction of sp³-hybridized carbons (Fsp3) is 0.300. The van der Waals surface area contributed by atoms with Crippen LogP contribution in [0.4, 0.5) is 0 Å². The number of hydrogen-bond donors (Lipinski definition) is 0. The van der Waals surface area contributed by atoms with Gasteiger partial charge in [-0.1, -0.05) is 24.3 Å². The highest BCUT2D eigenvalue weighted by Crippen LogP contribution is 2.24. The van der Waals surface area contributed by atoms with E-state index < -0.39 is 10.0 Å². The molecule has 2 heterocycles. The Labute approximate surface area is 170 Å². The molecule has 0 fully saturated rings. The number of thiophene rings is 1. The van der Waals surface area contributed by atoms with E-state index in [9.17, 15) is 8.42 Å². The average molecular weight is 421 g/mol. The van der Waals surface area contributed by atoms with Crippen LogP contribution in [0.2, 0.25) is 0 Å². The van der Waals surface area contributed by atoms with Crippen molar-refractivity contribution in [2.45, 2.75) is 24.7 Å². The van der Waals surface area contributed by atoms with Gasteiger partial charge < -0.3 is 9.15 Å². The number of nitrogens with zero attached hydrogens (tertiary/aromatic N) is 2. The van der Waals surface area contributed by atoms with Crippen LogP contribution >= 0.6 is 11.3 Å². The smallest absolute Gasteiger partial charge is 0.275 e. The molecular weight excluding hydrogens is 396 g/mol. The van der Waals surface area contributed by atoms with Crippen molar-refractivity contribution in [3.63, 3.8) is 0 Å². The third-order valence-electron chi connectivity index (χ3n) is 4.30. The van der Waals surface area contributed by atoms with Gasteiger partial charge in [-0.05, 0) is 29.6 Å². The minimum atomic E-state index is -3.58. The maximum Gasteiger partial charge on any atom is 0.275 e. The number of benzene rings is 1. The van der Waals surface area contributed by atoms with Gasteiger partial charge in [-0.25, -0.2) is 12.7 Å². The molecule has 0 spiro atoms. The van der Waals surface area contributed by atoms with Crippen LogP contribution in [0, 0.1) is 0 Å². The Bertz CT molecular complexity index is 995. The van der Waals surface area contributed by atoms with Gasteiger partial charge in [0.25, 0.3) is 10.0 Å². The zero-order chi connectivity index (χ0) is 20.1. The molecule has 0 bridgehead atoms. The van der Waals surface area contributed by atoms with E-state index in [0.717, 1.165) is 22.2 Å². The molecule has 8 heteroatoms. The van der Waals surface area contributed by atoms with Crippen molar-refractivity contribution < 1.29 is 17.6 Å². The number of hydrogen-bond acceptors (Lipinski definition) is 6. The van der Waals surface area contributed by atoms with E-state index in [1.54, 1.807) is 24.5 Å². The molecule has 0 amide bonds. The van der Waals surface area contributed by atoms with Crippen LogP contribution < -0.4 is 4.74 Å². The van der Waals surface area contributed by atoms with E-state index in [4.69, 9.17) is 9.15 Å². The van der Waals surface area contributed by atoms with E-state index in [1.165, 1.54) is 25.0 Å². The molecule has 2 aromatic heterocycles. The average Bonchev–Trinajstić information content (AvgIpc) is 3.34. The predicted molar refractivity (Wildman–Crippen MR) is 110 cm³/mol. The number of sulfonamides is 1. The van der Waals surface area contributed by atoms with Gasteiger partial charge >= 0.3 is 0 Å². The molecule has 3 rings (SSSR count). The molecule has 28 heavy (non-hydrogen) atoms. The summed E-state index contributed by atoms with van der Waals surface area (Å²) >= 11 is 1.69. The fourth-order valence-electron chi connectivity index (χ4n) is 2.85. The van der Waals surface area contributed by atoms with Gasteiger partial charge in [-0.3, -0.25) is 4.90 Å². The number of furan rings is 1. The van der Waals surface area contributed by atoms with Gasteiger partial charge in [0.2, 0.25) is 5.09 Å². The van der Waals surface area contributed by atoms with Crippen LogP contribution in [-0.2, 0) is 29.7 Å². The van der Waals surface area contributed by atoms with Crippen molar-refractivity contribution in [2.75, 3.05) is 21.2 Å².